The van der Waals surface area contributed by atoms with Crippen molar-refractivity contribution >= 4 is 15.9 Å². The molecule has 0 heterocycles. The molecule has 0 bridgehead atoms. The standard InChI is InChI=1S/C14H22BrNO/c1-3-9-16-10-5-4-6-12-7-8-13(17-2)11-14(12)15/h7-8,11,16H,3-6,9-10H2,1-2H3. The van der Waals surface area contributed by atoms with Crippen LogP contribution in [0.3, 0.4) is 0 Å². The van der Waals surface area contributed by atoms with Gasteiger partial charge in [-0.05, 0) is 56.5 Å². The summed E-state index contributed by atoms with van der Waals surface area (Å²) in [5.74, 6) is 0.908. The zero-order valence-electron chi connectivity index (χ0n) is 10.8. The first kappa shape index (κ1) is 14.5. The molecule has 0 aliphatic heterocycles. The summed E-state index contributed by atoms with van der Waals surface area (Å²) in [7, 11) is 1.70. The van der Waals surface area contributed by atoms with Crippen molar-refractivity contribution in [1.29, 1.82) is 0 Å². The monoisotopic (exact) mass is 299 g/mol. The number of benzene rings is 1. The second-order valence-corrected chi connectivity index (χ2v) is 5.02. The molecule has 17 heavy (non-hydrogen) atoms. The van der Waals surface area contributed by atoms with Crippen LogP contribution < -0.4 is 10.1 Å². The Morgan fingerprint density at radius 1 is 1.24 bits per heavy atom. The maximum Gasteiger partial charge on any atom is 0.120 e. The molecular formula is C14H22BrNO. The van der Waals surface area contributed by atoms with Gasteiger partial charge in [0.1, 0.15) is 5.75 Å². The van der Waals surface area contributed by atoms with E-state index in [1.807, 2.05) is 12.1 Å². The van der Waals surface area contributed by atoms with E-state index in [0.717, 1.165) is 29.7 Å². The lowest BCUT2D eigenvalue weighted by Gasteiger charge is -2.07. The second kappa shape index (κ2) is 8.54. The van der Waals surface area contributed by atoms with Crippen molar-refractivity contribution in [1.82, 2.24) is 5.32 Å². The van der Waals surface area contributed by atoms with E-state index in [-0.39, 0.29) is 0 Å². The van der Waals surface area contributed by atoms with Crippen molar-refractivity contribution in [2.45, 2.75) is 32.6 Å². The third kappa shape index (κ3) is 5.55. The minimum Gasteiger partial charge on any atom is -0.497 e. The van der Waals surface area contributed by atoms with Crippen molar-refractivity contribution in [2.24, 2.45) is 0 Å². The lowest BCUT2D eigenvalue weighted by atomic mass is 10.1. The average molecular weight is 300 g/mol. The largest absolute Gasteiger partial charge is 0.497 e. The van der Waals surface area contributed by atoms with Gasteiger partial charge in [0.15, 0.2) is 0 Å². The van der Waals surface area contributed by atoms with Crippen molar-refractivity contribution in [3.63, 3.8) is 0 Å². The van der Waals surface area contributed by atoms with E-state index in [1.54, 1.807) is 7.11 Å². The predicted molar refractivity (Wildman–Crippen MR) is 76.8 cm³/mol. The fourth-order valence-electron chi connectivity index (χ4n) is 1.72. The number of ether oxygens (including phenoxy) is 1. The van der Waals surface area contributed by atoms with Gasteiger partial charge in [0.25, 0.3) is 0 Å². The van der Waals surface area contributed by atoms with Gasteiger partial charge < -0.3 is 10.1 Å². The van der Waals surface area contributed by atoms with Gasteiger partial charge in [0, 0.05) is 4.47 Å². The van der Waals surface area contributed by atoms with E-state index in [2.05, 4.69) is 34.2 Å². The average Bonchev–Trinajstić information content (AvgIpc) is 2.35. The fraction of sp³-hybridized carbons (Fsp3) is 0.571. The van der Waals surface area contributed by atoms with Crippen LogP contribution in [0.1, 0.15) is 31.7 Å². The minimum absolute atomic E-state index is 0.908. The molecule has 0 atom stereocenters. The van der Waals surface area contributed by atoms with Crippen molar-refractivity contribution in [2.75, 3.05) is 20.2 Å². The normalized spacial score (nSPS) is 10.5. The topological polar surface area (TPSA) is 21.3 Å². The molecule has 3 heteroatoms. The maximum atomic E-state index is 5.18. The smallest absolute Gasteiger partial charge is 0.120 e. The number of halogens is 1. The molecule has 0 amide bonds. The van der Waals surface area contributed by atoms with E-state index in [4.69, 9.17) is 4.74 Å². The highest BCUT2D eigenvalue weighted by atomic mass is 79.9. The van der Waals surface area contributed by atoms with Crippen LogP contribution in [0.2, 0.25) is 0 Å². The van der Waals surface area contributed by atoms with E-state index < -0.39 is 0 Å². The molecule has 0 aliphatic rings. The van der Waals surface area contributed by atoms with Crippen molar-refractivity contribution < 1.29 is 4.74 Å². The summed E-state index contributed by atoms with van der Waals surface area (Å²) in [6.45, 7) is 4.45. The van der Waals surface area contributed by atoms with Crippen molar-refractivity contribution in [3.05, 3.63) is 28.2 Å². The van der Waals surface area contributed by atoms with Crippen LogP contribution in [0.4, 0.5) is 0 Å². The Morgan fingerprint density at radius 2 is 2.06 bits per heavy atom. The molecular weight excluding hydrogens is 278 g/mol. The lowest BCUT2D eigenvalue weighted by molar-refractivity contribution is 0.414. The minimum atomic E-state index is 0.908. The van der Waals surface area contributed by atoms with Crippen molar-refractivity contribution in [3.8, 4) is 5.75 Å². The van der Waals surface area contributed by atoms with Gasteiger partial charge >= 0.3 is 0 Å². The van der Waals surface area contributed by atoms with Crippen LogP contribution in [0.5, 0.6) is 5.75 Å². The van der Waals surface area contributed by atoms with Crippen LogP contribution in [0.15, 0.2) is 22.7 Å². The maximum absolute atomic E-state index is 5.18. The molecule has 2 nitrogen and oxygen atoms in total. The Hall–Kier alpha value is -0.540. The molecule has 0 radical (unpaired) electrons. The van der Waals surface area contributed by atoms with Gasteiger partial charge in [0.05, 0.1) is 7.11 Å². The zero-order chi connectivity index (χ0) is 12.5. The molecule has 0 aromatic heterocycles. The van der Waals surface area contributed by atoms with Gasteiger partial charge in [-0.15, -0.1) is 0 Å². The van der Waals surface area contributed by atoms with Crippen LogP contribution in [0, 0.1) is 0 Å². The highest BCUT2D eigenvalue weighted by molar-refractivity contribution is 9.10. The third-order valence-electron chi connectivity index (χ3n) is 2.74. The molecule has 1 N–H and O–H groups in total. The highest BCUT2D eigenvalue weighted by Gasteiger charge is 2.01. The zero-order valence-corrected chi connectivity index (χ0v) is 12.3. The van der Waals surface area contributed by atoms with E-state index in [0.29, 0.717) is 0 Å². The van der Waals surface area contributed by atoms with Crippen LogP contribution in [-0.4, -0.2) is 20.2 Å². The molecule has 1 rings (SSSR count). The Kier molecular flexibility index (Phi) is 7.29. The molecule has 0 spiro atoms. The molecule has 0 saturated heterocycles. The number of rotatable bonds is 8. The summed E-state index contributed by atoms with van der Waals surface area (Å²) in [5, 5.41) is 3.42. The van der Waals surface area contributed by atoms with Crippen LogP contribution >= 0.6 is 15.9 Å². The number of unbranched alkanes of at least 4 members (excludes halogenated alkanes) is 1. The van der Waals surface area contributed by atoms with E-state index >= 15 is 0 Å². The highest BCUT2D eigenvalue weighted by Crippen LogP contribution is 2.24. The Labute approximate surface area is 113 Å². The van der Waals surface area contributed by atoms with E-state index in [1.165, 1.54) is 24.8 Å². The first-order valence-electron chi connectivity index (χ1n) is 6.31. The number of methoxy groups -OCH3 is 1. The predicted octanol–water partition coefficient (Wildman–Crippen LogP) is 3.78. The molecule has 96 valence electrons. The van der Waals surface area contributed by atoms with Crippen LogP contribution in [-0.2, 0) is 6.42 Å². The molecule has 0 unspecified atom stereocenters. The van der Waals surface area contributed by atoms with Gasteiger partial charge in [-0.2, -0.15) is 0 Å². The molecule has 1 aromatic carbocycles. The fourth-order valence-corrected chi connectivity index (χ4v) is 2.28. The molecule has 1 aromatic rings. The van der Waals surface area contributed by atoms with Gasteiger partial charge in [-0.3, -0.25) is 0 Å². The van der Waals surface area contributed by atoms with Gasteiger partial charge in [-0.1, -0.05) is 28.9 Å². The first-order chi connectivity index (χ1) is 8.27. The lowest BCUT2D eigenvalue weighted by Crippen LogP contribution is -2.15. The number of hydrogen-bond donors (Lipinski definition) is 1. The van der Waals surface area contributed by atoms with Crippen LogP contribution in [0.25, 0.3) is 0 Å². The third-order valence-corrected chi connectivity index (χ3v) is 3.47. The summed E-state index contributed by atoms with van der Waals surface area (Å²) in [6.07, 6.45) is 4.79. The number of aryl methyl sites for hydroxylation is 1. The Bertz CT molecular complexity index is 328. The Morgan fingerprint density at radius 3 is 2.71 bits per heavy atom. The summed E-state index contributed by atoms with van der Waals surface area (Å²) >= 11 is 3.59. The van der Waals surface area contributed by atoms with Gasteiger partial charge in [0.2, 0.25) is 0 Å². The summed E-state index contributed by atoms with van der Waals surface area (Å²) in [5.41, 5.74) is 1.36. The summed E-state index contributed by atoms with van der Waals surface area (Å²) in [4.78, 5) is 0. The molecule has 0 fully saturated rings. The number of hydrogen-bond acceptors (Lipinski definition) is 2. The second-order valence-electron chi connectivity index (χ2n) is 4.16. The first-order valence-corrected chi connectivity index (χ1v) is 7.10. The quantitative estimate of drug-likeness (QED) is 0.738. The number of nitrogens with one attached hydrogen (secondary N) is 1. The summed E-state index contributed by atoms with van der Waals surface area (Å²) in [6, 6.07) is 6.20. The summed E-state index contributed by atoms with van der Waals surface area (Å²) < 4.78 is 6.33. The molecule has 0 saturated carbocycles. The van der Waals surface area contributed by atoms with E-state index in [9.17, 15) is 0 Å². The van der Waals surface area contributed by atoms with Gasteiger partial charge in [-0.25, -0.2) is 0 Å². The SMILES string of the molecule is CCCNCCCCc1ccc(OC)cc1Br. The Balaban J connectivity index is 2.27. The molecule has 0 aliphatic carbocycles.